The van der Waals surface area contributed by atoms with Gasteiger partial charge in [0.2, 0.25) is 5.91 Å². The van der Waals surface area contributed by atoms with Gasteiger partial charge in [0, 0.05) is 6.20 Å². The topological polar surface area (TPSA) is 88.2 Å². The molecule has 20 heavy (non-hydrogen) atoms. The molecular weight excluding hydrogens is 278 g/mol. The number of carbonyl (C=O) groups excluding carboxylic acids is 1. The number of anilines is 1. The summed E-state index contributed by atoms with van der Waals surface area (Å²) in [5.41, 5.74) is 7.14. The van der Waals surface area contributed by atoms with Crippen molar-refractivity contribution in [1.82, 2.24) is 4.98 Å². The molecule has 1 aromatic heterocycles. The summed E-state index contributed by atoms with van der Waals surface area (Å²) in [7, 11) is 0. The molecular formula is C14H14ClN3O2. The van der Waals surface area contributed by atoms with E-state index >= 15 is 0 Å². The molecule has 2 rings (SSSR count). The van der Waals surface area contributed by atoms with Crippen LogP contribution >= 0.6 is 11.6 Å². The van der Waals surface area contributed by atoms with Crippen LogP contribution in [-0.4, -0.2) is 22.0 Å². The quantitative estimate of drug-likeness (QED) is 0.803. The lowest BCUT2D eigenvalue weighted by molar-refractivity contribution is -0.117. The Morgan fingerprint density at radius 1 is 1.35 bits per heavy atom. The third kappa shape index (κ3) is 3.69. The van der Waals surface area contributed by atoms with Crippen molar-refractivity contribution in [2.45, 2.75) is 12.5 Å². The van der Waals surface area contributed by atoms with Gasteiger partial charge in [-0.05, 0) is 30.2 Å². The molecule has 0 saturated heterocycles. The number of nitrogens with two attached hydrogens (primary N) is 1. The Morgan fingerprint density at radius 3 is 2.70 bits per heavy atom. The van der Waals surface area contributed by atoms with Gasteiger partial charge in [0.15, 0.2) is 0 Å². The number of nitrogens with zero attached hydrogens (tertiary/aromatic N) is 1. The third-order valence-corrected chi connectivity index (χ3v) is 3.08. The number of pyridine rings is 1. The number of carbonyl (C=O) groups is 1. The van der Waals surface area contributed by atoms with Gasteiger partial charge in [0.25, 0.3) is 0 Å². The van der Waals surface area contributed by atoms with E-state index in [4.69, 9.17) is 17.3 Å². The maximum Gasteiger partial charge on any atom is 0.241 e. The fraction of sp³-hybridized carbons (Fsp3) is 0.143. The van der Waals surface area contributed by atoms with Crippen LogP contribution in [0.25, 0.3) is 0 Å². The number of phenolic OH excluding ortho intramolecular Hbond substituents is 1. The number of nitrogens with one attached hydrogen (secondary N) is 1. The first-order valence-corrected chi connectivity index (χ1v) is 6.38. The molecule has 1 atom stereocenters. The standard InChI is InChI=1S/C14H14ClN3O2/c15-11-5-6-17-8-13(11)18-14(20)12(16)7-9-1-3-10(19)4-2-9/h1-6,8,12,19H,7,16H2,(H,18,20). The maximum atomic E-state index is 12.0. The molecule has 1 aromatic carbocycles. The molecule has 0 radical (unpaired) electrons. The van der Waals surface area contributed by atoms with Gasteiger partial charge in [-0.25, -0.2) is 0 Å². The molecule has 0 aliphatic carbocycles. The van der Waals surface area contributed by atoms with E-state index in [9.17, 15) is 9.90 Å². The number of benzene rings is 1. The van der Waals surface area contributed by atoms with Crippen LogP contribution in [0.3, 0.4) is 0 Å². The van der Waals surface area contributed by atoms with E-state index in [1.54, 1.807) is 30.3 Å². The molecule has 0 saturated carbocycles. The van der Waals surface area contributed by atoms with Crippen LogP contribution in [0.2, 0.25) is 5.02 Å². The number of hydrogen-bond acceptors (Lipinski definition) is 4. The fourth-order valence-electron chi connectivity index (χ4n) is 1.67. The Kier molecular flexibility index (Phi) is 4.55. The van der Waals surface area contributed by atoms with Crippen molar-refractivity contribution in [3.8, 4) is 5.75 Å². The Bertz CT molecular complexity index is 602. The minimum atomic E-state index is -0.712. The molecule has 0 aliphatic rings. The lowest BCUT2D eigenvalue weighted by Crippen LogP contribution is -2.37. The predicted molar refractivity (Wildman–Crippen MR) is 77.7 cm³/mol. The summed E-state index contributed by atoms with van der Waals surface area (Å²) in [6.07, 6.45) is 3.37. The minimum absolute atomic E-state index is 0.175. The van der Waals surface area contributed by atoms with Gasteiger partial charge in [-0.2, -0.15) is 0 Å². The summed E-state index contributed by atoms with van der Waals surface area (Å²) in [5, 5.41) is 12.2. The SMILES string of the molecule is NC(Cc1ccc(O)cc1)C(=O)Nc1cnccc1Cl. The monoisotopic (exact) mass is 291 g/mol. The summed E-state index contributed by atoms with van der Waals surface area (Å²) in [5.74, 6) is -0.165. The van der Waals surface area contributed by atoms with Gasteiger partial charge in [-0.3, -0.25) is 9.78 Å². The lowest BCUT2D eigenvalue weighted by Gasteiger charge is -2.13. The van der Waals surface area contributed by atoms with E-state index in [1.165, 1.54) is 12.4 Å². The van der Waals surface area contributed by atoms with Gasteiger partial charge >= 0.3 is 0 Å². The number of halogens is 1. The van der Waals surface area contributed by atoms with Crippen LogP contribution in [-0.2, 0) is 11.2 Å². The van der Waals surface area contributed by atoms with Gasteiger partial charge in [0.05, 0.1) is 22.9 Å². The molecule has 0 aliphatic heterocycles. The van der Waals surface area contributed by atoms with Crippen molar-refractivity contribution in [3.63, 3.8) is 0 Å². The predicted octanol–water partition coefficient (Wildman–Crippen LogP) is 1.95. The zero-order valence-corrected chi connectivity index (χ0v) is 11.3. The molecule has 2 aromatic rings. The molecule has 0 bridgehead atoms. The largest absolute Gasteiger partial charge is 0.508 e. The minimum Gasteiger partial charge on any atom is -0.508 e. The molecule has 5 nitrogen and oxygen atoms in total. The smallest absolute Gasteiger partial charge is 0.241 e. The molecule has 6 heteroatoms. The highest BCUT2D eigenvalue weighted by molar-refractivity contribution is 6.33. The van der Waals surface area contributed by atoms with Crippen molar-refractivity contribution in [2.24, 2.45) is 5.73 Å². The van der Waals surface area contributed by atoms with Crippen LogP contribution in [0.1, 0.15) is 5.56 Å². The Labute approximate surface area is 121 Å². The Hall–Kier alpha value is -2.11. The summed E-state index contributed by atoms with van der Waals surface area (Å²) in [6, 6.07) is 7.42. The van der Waals surface area contributed by atoms with E-state index < -0.39 is 6.04 Å². The van der Waals surface area contributed by atoms with E-state index in [2.05, 4.69) is 10.3 Å². The van der Waals surface area contributed by atoms with Crippen LogP contribution < -0.4 is 11.1 Å². The molecule has 1 unspecified atom stereocenters. The summed E-state index contributed by atoms with van der Waals surface area (Å²) in [4.78, 5) is 15.8. The highest BCUT2D eigenvalue weighted by Crippen LogP contribution is 2.19. The number of hydrogen-bond donors (Lipinski definition) is 3. The Morgan fingerprint density at radius 2 is 2.05 bits per heavy atom. The maximum absolute atomic E-state index is 12.0. The lowest BCUT2D eigenvalue weighted by atomic mass is 10.1. The normalized spacial score (nSPS) is 11.9. The van der Waals surface area contributed by atoms with Gasteiger partial charge in [-0.1, -0.05) is 23.7 Å². The number of rotatable bonds is 4. The molecule has 104 valence electrons. The average Bonchev–Trinajstić information content (AvgIpc) is 2.44. The molecule has 1 heterocycles. The summed E-state index contributed by atoms with van der Waals surface area (Å²) >= 11 is 5.93. The number of aromatic hydroxyl groups is 1. The van der Waals surface area contributed by atoms with Crippen LogP contribution in [0.5, 0.6) is 5.75 Å². The number of aromatic nitrogens is 1. The fourth-order valence-corrected chi connectivity index (χ4v) is 1.83. The Balaban J connectivity index is 1.99. The molecule has 1 amide bonds. The van der Waals surface area contributed by atoms with Crippen LogP contribution in [0, 0.1) is 0 Å². The number of phenols is 1. The van der Waals surface area contributed by atoms with Crippen LogP contribution in [0.15, 0.2) is 42.7 Å². The van der Waals surface area contributed by atoms with Gasteiger partial charge in [-0.15, -0.1) is 0 Å². The second-order valence-electron chi connectivity index (χ2n) is 4.32. The zero-order chi connectivity index (χ0) is 14.5. The zero-order valence-electron chi connectivity index (χ0n) is 10.6. The van der Waals surface area contributed by atoms with E-state index in [1.807, 2.05) is 0 Å². The third-order valence-electron chi connectivity index (χ3n) is 2.75. The first kappa shape index (κ1) is 14.3. The van der Waals surface area contributed by atoms with Gasteiger partial charge < -0.3 is 16.2 Å². The van der Waals surface area contributed by atoms with E-state index in [0.29, 0.717) is 17.1 Å². The summed E-state index contributed by atoms with van der Waals surface area (Å²) in [6.45, 7) is 0. The first-order valence-electron chi connectivity index (χ1n) is 6.00. The summed E-state index contributed by atoms with van der Waals surface area (Å²) < 4.78 is 0. The molecule has 0 fully saturated rings. The van der Waals surface area contributed by atoms with Crippen molar-refractivity contribution >= 4 is 23.2 Å². The van der Waals surface area contributed by atoms with Crippen molar-refractivity contribution in [3.05, 3.63) is 53.3 Å². The molecule has 0 spiro atoms. The average molecular weight is 292 g/mol. The first-order chi connectivity index (χ1) is 9.56. The van der Waals surface area contributed by atoms with Crippen LogP contribution in [0.4, 0.5) is 5.69 Å². The van der Waals surface area contributed by atoms with Crippen molar-refractivity contribution in [1.29, 1.82) is 0 Å². The molecule has 4 N–H and O–H groups in total. The van der Waals surface area contributed by atoms with E-state index in [0.717, 1.165) is 5.56 Å². The number of amides is 1. The van der Waals surface area contributed by atoms with Crippen molar-refractivity contribution in [2.75, 3.05) is 5.32 Å². The van der Waals surface area contributed by atoms with E-state index in [-0.39, 0.29) is 11.7 Å². The highest BCUT2D eigenvalue weighted by Gasteiger charge is 2.15. The highest BCUT2D eigenvalue weighted by atomic mass is 35.5. The second kappa shape index (κ2) is 6.36. The second-order valence-corrected chi connectivity index (χ2v) is 4.73. The van der Waals surface area contributed by atoms with Crippen molar-refractivity contribution < 1.29 is 9.90 Å². The van der Waals surface area contributed by atoms with Gasteiger partial charge in [0.1, 0.15) is 5.75 Å².